The van der Waals surface area contributed by atoms with Gasteiger partial charge >= 0.3 is 0 Å². The first kappa shape index (κ1) is 16.1. The van der Waals surface area contributed by atoms with E-state index in [0.29, 0.717) is 55.3 Å². The number of aryl methyl sites for hydroxylation is 1. The van der Waals surface area contributed by atoms with Gasteiger partial charge < -0.3 is 18.8 Å². The summed E-state index contributed by atoms with van der Waals surface area (Å²) >= 11 is 0. The molecular formula is C18H21N3O4. The lowest BCUT2D eigenvalue weighted by Gasteiger charge is -2.31. The molecule has 7 heteroatoms. The molecule has 1 aliphatic heterocycles. The minimum atomic E-state index is -0.390. The molecule has 2 fully saturated rings. The first-order chi connectivity index (χ1) is 12.2. The lowest BCUT2D eigenvalue weighted by molar-refractivity contribution is -0.0350. The fourth-order valence-corrected chi connectivity index (χ4v) is 2.86. The van der Waals surface area contributed by atoms with E-state index in [4.69, 9.17) is 13.9 Å². The topological polar surface area (TPSA) is 77.7 Å². The van der Waals surface area contributed by atoms with Crippen LogP contribution in [0, 0.1) is 12.8 Å². The quantitative estimate of drug-likeness (QED) is 0.829. The molecule has 4 rings (SSSR count). The molecule has 25 heavy (non-hydrogen) atoms. The highest BCUT2D eigenvalue weighted by Gasteiger charge is 2.31. The molecule has 0 bridgehead atoms. The predicted molar refractivity (Wildman–Crippen MR) is 88.3 cm³/mol. The number of amides is 1. The van der Waals surface area contributed by atoms with Gasteiger partial charge in [-0.25, -0.2) is 0 Å². The van der Waals surface area contributed by atoms with Crippen LogP contribution in [0.2, 0.25) is 0 Å². The molecule has 0 spiro atoms. The van der Waals surface area contributed by atoms with E-state index in [0.717, 1.165) is 0 Å². The molecule has 2 aliphatic rings. The van der Waals surface area contributed by atoms with Gasteiger partial charge in [0.1, 0.15) is 5.75 Å². The highest BCUT2D eigenvalue weighted by Crippen LogP contribution is 2.31. The van der Waals surface area contributed by atoms with Crippen molar-refractivity contribution in [3.8, 4) is 5.75 Å². The second-order valence-corrected chi connectivity index (χ2v) is 6.52. The minimum absolute atomic E-state index is 0.0593. The van der Waals surface area contributed by atoms with Gasteiger partial charge in [-0.15, -0.1) is 10.2 Å². The van der Waals surface area contributed by atoms with Crippen LogP contribution in [-0.2, 0) is 4.74 Å². The van der Waals surface area contributed by atoms with Crippen molar-refractivity contribution in [2.24, 2.45) is 5.92 Å². The van der Waals surface area contributed by atoms with E-state index < -0.39 is 6.10 Å². The number of morpholine rings is 1. The summed E-state index contributed by atoms with van der Waals surface area (Å²) in [5.41, 5.74) is 0.588. The third kappa shape index (κ3) is 3.66. The Morgan fingerprint density at radius 2 is 2.16 bits per heavy atom. The standard InChI is InChI=1S/C18H21N3O4/c1-12-19-20-17(25-12)16-10-21(8-9-23-16)18(22)14-4-2-3-5-15(14)24-11-13-6-7-13/h2-5,13,16H,6-11H2,1H3. The van der Waals surface area contributed by atoms with E-state index in [9.17, 15) is 4.79 Å². The normalized spacial score (nSPS) is 20.5. The van der Waals surface area contributed by atoms with Crippen molar-refractivity contribution >= 4 is 5.91 Å². The lowest BCUT2D eigenvalue weighted by atomic mass is 10.1. The smallest absolute Gasteiger partial charge is 0.257 e. The molecule has 1 aliphatic carbocycles. The molecule has 1 atom stereocenters. The van der Waals surface area contributed by atoms with Crippen LogP contribution >= 0.6 is 0 Å². The van der Waals surface area contributed by atoms with E-state index >= 15 is 0 Å². The molecule has 132 valence electrons. The van der Waals surface area contributed by atoms with Gasteiger partial charge in [0.2, 0.25) is 11.8 Å². The molecule has 7 nitrogen and oxygen atoms in total. The molecule has 1 saturated carbocycles. The highest BCUT2D eigenvalue weighted by atomic mass is 16.5. The second kappa shape index (κ2) is 6.84. The number of carbonyl (C=O) groups excluding carboxylic acids is 1. The summed E-state index contributed by atoms with van der Waals surface area (Å²) in [6, 6.07) is 7.42. The molecule has 1 saturated heterocycles. The Hall–Kier alpha value is -2.41. The summed E-state index contributed by atoms with van der Waals surface area (Å²) in [4.78, 5) is 14.7. The molecule has 1 aromatic heterocycles. The van der Waals surface area contributed by atoms with Crippen molar-refractivity contribution in [1.82, 2.24) is 15.1 Å². The zero-order chi connectivity index (χ0) is 17.2. The van der Waals surface area contributed by atoms with Gasteiger partial charge in [-0.1, -0.05) is 12.1 Å². The minimum Gasteiger partial charge on any atom is -0.492 e. The van der Waals surface area contributed by atoms with Crippen LogP contribution in [0.3, 0.4) is 0 Å². The Kier molecular flexibility index (Phi) is 4.40. The van der Waals surface area contributed by atoms with Gasteiger partial charge in [0.25, 0.3) is 5.91 Å². The van der Waals surface area contributed by atoms with Crippen LogP contribution in [0.4, 0.5) is 0 Å². The third-order valence-corrected chi connectivity index (χ3v) is 4.46. The molecule has 2 heterocycles. The maximum atomic E-state index is 13.0. The molecule has 0 radical (unpaired) electrons. The number of benzene rings is 1. The van der Waals surface area contributed by atoms with Gasteiger partial charge in [0, 0.05) is 13.5 Å². The predicted octanol–water partition coefficient (Wildman–Crippen LogP) is 2.38. The summed E-state index contributed by atoms with van der Waals surface area (Å²) in [6.45, 7) is 3.76. The van der Waals surface area contributed by atoms with E-state index in [-0.39, 0.29) is 5.91 Å². The number of para-hydroxylation sites is 1. The Bertz CT molecular complexity index is 756. The number of rotatable bonds is 5. The highest BCUT2D eigenvalue weighted by molar-refractivity contribution is 5.97. The first-order valence-corrected chi connectivity index (χ1v) is 8.63. The van der Waals surface area contributed by atoms with Crippen LogP contribution in [0.25, 0.3) is 0 Å². The Labute approximate surface area is 145 Å². The van der Waals surface area contributed by atoms with Crippen molar-refractivity contribution in [2.45, 2.75) is 25.9 Å². The lowest BCUT2D eigenvalue weighted by Crippen LogP contribution is -2.42. The third-order valence-electron chi connectivity index (χ3n) is 4.46. The summed E-state index contributed by atoms with van der Waals surface area (Å²) in [5.74, 6) is 2.12. The largest absolute Gasteiger partial charge is 0.492 e. The van der Waals surface area contributed by atoms with Crippen LogP contribution in [0.15, 0.2) is 28.7 Å². The maximum absolute atomic E-state index is 13.0. The zero-order valence-electron chi connectivity index (χ0n) is 14.2. The van der Waals surface area contributed by atoms with Crippen LogP contribution in [-0.4, -0.2) is 47.3 Å². The SMILES string of the molecule is Cc1nnc(C2CN(C(=O)c3ccccc3OCC3CC3)CCO2)o1. The first-order valence-electron chi connectivity index (χ1n) is 8.63. The van der Waals surface area contributed by atoms with Gasteiger partial charge in [0.15, 0.2) is 6.10 Å². The summed E-state index contributed by atoms with van der Waals surface area (Å²) in [5, 5.41) is 7.84. The number of nitrogens with zero attached hydrogens (tertiary/aromatic N) is 3. The summed E-state index contributed by atoms with van der Waals surface area (Å²) < 4.78 is 17.0. The molecule has 0 N–H and O–H groups in total. The number of ether oxygens (including phenoxy) is 2. The van der Waals surface area contributed by atoms with Crippen molar-refractivity contribution in [1.29, 1.82) is 0 Å². The van der Waals surface area contributed by atoms with E-state index in [1.54, 1.807) is 11.8 Å². The Morgan fingerprint density at radius 3 is 2.92 bits per heavy atom. The molecule has 2 aromatic rings. The number of hydrogen-bond acceptors (Lipinski definition) is 6. The fourth-order valence-electron chi connectivity index (χ4n) is 2.86. The zero-order valence-corrected chi connectivity index (χ0v) is 14.2. The molecule has 1 unspecified atom stereocenters. The number of hydrogen-bond donors (Lipinski definition) is 0. The fraction of sp³-hybridized carbons (Fsp3) is 0.500. The van der Waals surface area contributed by atoms with Gasteiger partial charge in [-0.3, -0.25) is 4.79 Å². The number of aromatic nitrogens is 2. The Balaban J connectivity index is 1.48. The Morgan fingerprint density at radius 1 is 1.32 bits per heavy atom. The molecule has 1 amide bonds. The molecule has 1 aromatic carbocycles. The summed E-state index contributed by atoms with van der Waals surface area (Å²) in [7, 11) is 0. The van der Waals surface area contributed by atoms with Gasteiger partial charge in [-0.05, 0) is 30.9 Å². The van der Waals surface area contributed by atoms with Crippen molar-refractivity contribution < 1.29 is 18.7 Å². The van der Waals surface area contributed by atoms with Crippen LogP contribution < -0.4 is 4.74 Å². The van der Waals surface area contributed by atoms with Gasteiger partial charge in [-0.2, -0.15) is 0 Å². The van der Waals surface area contributed by atoms with Crippen LogP contribution in [0.5, 0.6) is 5.75 Å². The maximum Gasteiger partial charge on any atom is 0.257 e. The molecular weight excluding hydrogens is 322 g/mol. The van der Waals surface area contributed by atoms with E-state index in [1.807, 2.05) is 24.3 Å². The van der Waals surface area contributed by atoms with Crippen molar-refractivity contribution in [2.75, 3.05) is 26.3 Å². The van der Waals surface area contributed by atoms with Crippen LogP contribution in [0.1, 0.15) is 41.1 Å². The summed E-state index contributed by atoms with van der Waals surface area (Å²) in [6.07, 6.45) is 2.04. The average molecular weight is 343 g/mol. The number of carbonyl (C=O) groups is 1. The van der Waals surface area contributed by atoms with Crippen molar-refractivity contribution in [3.05, 3.63) is 41.6 Å². The monoisotopic (exact) mass is 343 g/mol. The average Bonchev–Trinajstić information content (AvgIpc) is 3.38. The van der Waals surface area contributed by atoms with Gasteiger partial charge in [0.05, 0.1) is 25.3 Å². The second-order valence-electron chi connectivity index (χ2n) is 6.52. The van der Waals surface area contributed by atoms with E-state index in [2.05, 4.69) is 10.2 Å². The van der Waals surface area contributed by atoms with E-state index in [1.165, 1.54) is 12.8 Å². The van der Waals surface area contributed by atoms with Crippen molar-refractivity contribution in [3.63, 3.8) is 0 Å².